The van der Waals surface area contributed by atoms with Crippen molar-refractivity contribution in [3.05, 3.63) is 77.6 Å². The topological polar surface area (TPSA) is 87.6 Å². The molecule has 4 heterocycles. The van der Waals surface area contributed by atoms with Gasteiger partial charge in [0, 0.05) is 68.3 Å². The molecule has 2 atom stereocenters. The molecule has 2 aliphatic rings. The quantitative estimate of drug-likeness (QED) is 0.367. The fourth-order valence-electron chi connectivity index (χ4n) is 5.39. The van der Waals surface area contributed by atoms with E-state index < -0.39 is 23.1 Å². The second-order valence-electron chi connectivity index (χ2n) is 10.8. The van der Waals surface area contributed by atoms with E-state index >= 15 is 8.78 Å². The lowest BCUT2D eigenvalue weighted by Gasteiger charge is -2.37. The number of carbonyl (C=O) groups excluding carboxylic acids is 1. The van der Waals surface area contributed by atoms with Gasteiger partial charge >= 0.3 is 0 Å². The first-order valence-electron chi connectivity index (χ1n) is 13.9. The van der Waals surface area contributed by atoms with E-state index in [0.717, 1.165) is 37.5 Å². The van der Waals surface area contributed by atoms with Crippen molar-refractivity contribution in [1.82, 2.24) is 29.7 Å². The zero-order valence-electron chi connectivity index (χ0n) is 23.1. The molecule has 2 N–H and O–H groups in total. The lowest BCUT2D eigenvalue weighted by Crippen LogP contribution is -2.53. The summed E-state index contributed by atoms with van der Waals surface area (Å²) >= 11 is 0. The maximum atomic E-state index is 15.1. The molecule has 0 bridgehead atoms. The van der Waals surface area contributed by atoms with Crippen LogP contribution in [-0.2, 0) is 11.3 Å². The van der Waals surface area contributed by atoms with Crippen molar-refractivity contribution in [2.24, 2.45) is 0 Å². The van der Waals surface area contributed by atoms with Crippen molar-refractivity contribution in [2.45, 2.75) is 32.5 Å². The van der Waals surface area contributed by atoms with Crippen LogP contribution in [0.2, 0.25) is 0 Å². The van der Waals surface area contributed by atoms with Gasteiger partial charge in [-0.15, -0.1) is 0 Å². The summed E-state index contributed by atoms with van der Waals surface area (Å²) in [6.07, 6.45) is 3.33. The number of morpholine rings is 1. The molecule has 2 fully saturated rings. The summed E-state index contributed by atoms with van der Waals surface area (Å²) in [5, 5.41) is 7.44. The van der Waals surface area contributed by atoms with Gasteiger partial charge in [0.1, 0.15) is 22.8 Å². The van der Waals surface area contributed by atoms with Crippen molar-refractivity contribution in [2.75, 3.05) is 44.7 Å². The van der Waals surface area contributed by atoms with Crippen molar-refractivity contribution >= 4 is 28.6 Å². The summed E-state index contributed by atoms with van der Waals surface area (Å²) in [6, 6.07) is 13.2. The van der Waals surface area contributed by atoms with Gasteiger partial charge in [0.15, 0.2) is 0 Å². The second kappa shape index (κ2) is 11.5. The molecule has 2 aliphatic heterocycles. The van der Waals surface area contributed by atoms with E-state index in [9.17, 15) is 4.79 Å². The van der Waals surface area contributed by atoms with Gasteiger partial charge in [-0.05, 0) is 49.7 Å². The first-order chi connectivity index (χ1) is 19.9. The van der Waals surface area contributed by atoms with Gasteiger partial charge in [-0.3, -0.25) is 9.69 Å². The Morgan fingerprint density at radius 3 is 2.56 bits per heavy atom. The number of carbonyl (C=O) groups is 1. The van der Waals surface area contributed by atoms with E-state index in [-0.39, 0.29) is 5.69 Å². The number of rotatable bonds is 6. The molecule has 0 unspecified atom stereocenters. The van der Waals surface area contributed by atoms with Gasteiger partial charge in [0.2, 0.25) is 5.95 Å². The Morgan fingerprint density at radius 1 is 1.10 bits per heavy atom. The zero-order valence-corrected chi connectivity index (χ0v) is 23.1. The number of hydrogen-bond acceptors (Lipinski definition) is 7. The lowest BCUT2D eigenvalue weighted by molar-refractivity contribution is 0.0296. The number of aromatic nitrogens is 3. The number of ether oxygens (including phenoxy) is 1. The SMILES string of the molecule is C[C@@H]1CN(Cc2ccc(Nc3ncc4ccn(-c5cc(F)c(C(=O)N6CCOCC6)c(F)c5)c4n3)cc2)[C@@H](C)CN1. The van der Waals surface area contributed by atoms with Crippen LogP contribution in [0.3, 0.4) is 0 Å². The standard InChI is InChI=1S/C30H33F2N7O2/c1-19-17-38(20(2)15-33-19)18-21-3-5-23(6-4-21)35-30-34-16-22-7-8-39(28(22)36-30)24-13-25(31)27(26(32)14-24)29(40)37-9-11-41-12-10-37/h3-8,13-14,16,19-20,33H,9-12,15,17-18H2,1-2H3,(H,34,35,36)/t19-,20+/m1/s1. The van der Waals surface area contributed by atoms with Crippen LogP contribution in [-0.4, -0.2) is 81.7 Å². The Morgan fingerprint density at radius 2 is 1.83 bits per heavy atom. The van der Waals surface area contributed by atoms with Gasteiger partial charge in [0.25, 0.3) is 5.91 Å². The number of nitrogens with zero attached hydrogens (tertiary/aromatic N) is 5. The first kappa shape index (κ1) is 27.3. The van der Waals surface area contributed by atoms with Crippen molar-refractivity contribution in [3.63, 3.8) is 0 Å². The highest BCUT2D eigenvalue weighted by molar-refractivity contribution is 5.95. The highest BCUT2D eigenvalue weighted by atomic mass is 19.1. The highest BCUT2D eigenvalue weighted by Gasteiger charge is 2.26. The fraction of sp³-hybridized carbons (Fsp3) is 0.367. The summed E-state index contributed by atoms with van der Waals surface area (Å²) in [5.41, 5.74) is 2.19. The maximum absolute atomic E-state index is 15.1. The van der Waals surface area contributed by atoms with E-state index in [1.165, 1.54) is 10.5 Å². The van der Waals surface area contributed by atoms with Crippen LogP contribution >= 0.6 is 0 Å². The van der Waals surface area contributed by atoms with Crippen LogP contribution in [0.15, 0.2) is 54.9 Å². The molecule has 2 saturated heterocycles. The lowest BCUT2D eigenvalue weighted by atomic mass is 10.1. The molecule has 1 amide bonds. The number of hydrogen-bond donors (Lipinski definition) is 2. The number of piperazine rings is 1. The van der Waals surface area contributed by atoms with Crippen molar-refractivity contribution < 1.29 is 18.3 Å². The van der Waals surface area contributed by atoms with E-state index in [4.69, 9.17) is 4.74 Å². The van der Waals surface area contributed by atoms with Crippen LogP contribution in [0.25, 0.3) is 16.7 Å². The van der Waals surface area contributed by atoms with Crippen LogP contribution < -0.4 is 10.6 Å². The predicted molar refractivity (Wildman–Crippen MR) is 153 cm³/mol. The average molecular weight is 562 g/mol. The zero-order chi connectivity index (χ0) is 28.5. The summed E-state index contributed by atoms with van der Waals surface area (Å²) < 4.78 is 37.0. The number of anilines is 2. The molecule has 2 aromatic heterocycles. The molecule has 0 saturated carbocycles. The first-order valence-corrected chi connectivity index (χ1v) is 13.9. The molecule has 0 radical (unpaired) electrons. The Labute approximate surface area is 237 Å². The minimum Gasteiger partial charge on any atom is -0.378 e. The minimum atomic E-state index is -0.921. The third-order valence-corrected chi connectivity index (χ3v) is 7.73. The third kappa shape index (κ3) is 5.79. The molecule has 0 spiro atoms. The van der Waals surface area contributed by atoms with Gasteiger partial charge in [-0.25, -0.2) is 13.8 Å². The molecule has 4 aromatic rings. The number of halogens is 2. The average Bonchev–Trinajstić information content (AvgIpc) is 3.39. The van der Waals surface area contributed by atoms with Gasteiger partial charge in [-0.2, -0.15) is 4.98 Å². The molecule has 9 nitrogen and oxygen atoms in total. The number of fused-ring (bicyclic) bond motifs is 1. The normalized spacial score (nSPS) is 20.0. The Balaban J connectivity index is 1.20. The fourth-order valence-corrected chi connectivity index (χ4v) is 5.39. The van der Waals surface area contributed by atoms with Crippen LogP contribution in [0.1, 0.15) is 29.8 Å². The number of nitrogens with one attached hydrogen (secondary N) is 2. The minimum absolute atomic E-state index is 0.221. The summed E-state index contributed by atoms with van der Waals surface area (Å²) in [7, 11) is 0. The molecular formula is C30H33F2N7O2. The van der Waals surface area contributed by atoms with E-state index in [0.29, 0.717) is 55.4 Å². The smallest absolute Gasteiger partial charge is 0.259 e. The monoisotopic (exact) mass is 561 g/mol. The Hall–Kier alpha value is -3.93. The van der Waals surface area contributed by atoms with Gasteiger partial charge in [-0.1, -0.05) is 12.1 Å². The number of benzene rings is 2. The van der Waals surface area contributed by atoms with Crippen molar-refractivity contribution in [1.29, 1.82) is 0 Å². The molecule has 2 aromatic carbocycles. The van der Waals surface area contributed by atoms with Crippen LogP contribution in [0, 0.1) is 11.6 Å². The van der Waals surface area contributed by atoms with Gasteiger partial charge < -0.3 is 24.8 Å². The molecule has 6 rings (SSSR count). The van der Waals surface area contributed by atoms with E-state index in [1.807, 2.05) is 12.1 Å². The van der Waals surface area contributed by atoms with Crippen LogP contribution in [0.4, 0.5) is 20.4 Å². The number of amides is 1. The summed E-state index contributed by atoms with van der Waals surface area (Å²) in [6.45, 7) is 8.60. The summed E-state index contributed by atoms with van der Waals surface area (Å²) in [5.74, 6) is -2.16. The summed E-state index contributed by atoms with van der Waals surface area (Å²) in [4.78, 5) is 25.7. The molecule has 41 heavy (non-hydrogen) atoms. The van der Waals surface area contributed by atoms with E-state index in [1.54, 1.807) is 23.0 Å². The predicted octanol–water partition coefficient (Wildman–Crippen LogP) is 4.10. The van der Waals surface area contributed by atoms with Crippen LogP contribution in [0.5, 0.6) is 0 Å². The largest absolute Gasteiger partial charge is 0.378 e. The van der Waals surface area contributed by atoms with E-state index in [2.05, 4.69) is 51.5 Å². The van der Waals surface area contributed by atoms with Gasteiger partial charge in [0.05, 0.1) is 18.9 Å². The maximum Gasteiger partial charge on any atom is 0.259 e. The molecular weight excluding hydrogens is 528 g/mol. The third-order valence-electron chi connectivity index (χ3n) is 7.73. The highest BCUT2D eigenvalue weighted by Crippen LogP contribution is 2.25. The molecule has 0 aliphatic carbocycles. The van der Waals surface area contributed by atoms with Crippen molar-refractivity contribution in [3.8, 4) is 5.69 Å². The molecule has 11 heteroatoms. The molecule has 214 valence electrons. The Kier molecular flexibility index (Phi) is 7.65. The Bertz CT molecular complexity index is 1530. The second-order valence-corrected chi connectivity index (χ2v) is 10.8.